The minimum absolute atomic E-state index is 0.257. The van der Waals surface area contributed by atoms with Crippen LogP contribution < -0.4 is 10.1 Å². The Kier molecular flexibility index (Phi) is 5.44. The number of pyridine rings is 1. The van der Waals surface area contributed by atoms with Crippen LogP contribution in [0.1, 0.15) is 25.6 Å². The number of aromatic nitrogens is 1. The van der Waals surface area contributed by atoms with Crippen LogP contribution in [0.3, 0.4) is 0 Å². The Hall–Kier alpha value is -1.52. The van der Waals surface area contributed by atoms with Gasteiger partial charge in [-0.15, -0.1) is 11.8 Å². The summed E-state index contributed by atoms with van der Waals surface area (Å²) in [5.41, 5.74) is 1.03. The Balaban J connectivity index is 2.11. The second-order valence-electron chi connectivity index (χ2n) is 4.45. The molecule has 0 aliphatic rings. The van der Waals surface area contributed by atoms with E-state index in [4.69, 9.17) is 4.74 Å². The van der Waals surface area contributed by atoms with Crippen molar-refractivity contribution in [2.75, 3.05) is 12.8 Å². The van der Waals surface area contributed by atoms with E-state index in [9.17, 15) is 0 Å². The summed E-state index contributed by atoms with van der Waals surface area (Å²) in [6.07, 6.45) is 3.82. The molecule has 1 N–H and O–H groups in total. The number of para-hydroxylation sites is 1. The van der Waals surface area contributed by atoms with Gasteiger partial charge in [0.05, 0.1) is 11.9 Å². The molecule has 1 aromatic heterocycles. The summed E-state index contributed by atoms with van der Waals surface area (Å²) < 4.78 is 5.89. The van der Waals surface area contributed by atoms with Crippen LogP contribution in [0.25, 0.3) is 0 Å². The first-order chi connectivity index (χ1) is 9.74. The third kappa shape index (κ3) is 3.74. The molecule has 0 aliphatic carbocycles. The van der Waals surface area contributed by atoms with E-state index < -0.39 is 0 Å². The van der Waals surface area contributed by atoms with E-state index in [0.29, 0.717) is 0 Å². The molecule has 0 saturated heterocycles. The fourth-order valence-corrected chi connectivity index (χ4v) is 2.47. The summed E-state index contributed by atoms with van der Waals surface area (Å²) in [4.78, 5) is 5.58. The molecule has 0 spiro atoms. The Morgan fingerprint density at radius 2 is 2.05 bits per heavy atom. The predicted molar refractivity (Wildman–Crippen MR) is 84.6 cm³/mol. The van der Waals surface area contributed by atoms with Gasteiger partial charge in [0, 0.05) is 10.9 Å². The van der Waals surface area contributed by atoms with Crippen LogP contribution in [-0.2, 0) is 0 Å². The fraction of sp³-hybridized carbons (Fsp3) is 0.312. The van der Waals surface area contributed by atoms with Gasteiger partial charge in [-0.25, -0.2) is 0 Å². The number of hydrogen-bond acceptors (Lipinski definition) is 4. The second-order valence-corrected chi connectivity index (χ2v) is 5.30. The topological polar surface area (TPSA) is 34.1 Å². The van der Waals surface area contributed by atoms with Gasteiger partial charge in [-0.1, -0.05) is 19.1 Å². The highest BCUT2D eigenvalue weighted by Gasteiger charge is 2.07. The molecule has 4 heteroatoms. The smallest absolute Gasteiger partial charge is 0.145 e. The number of nitrogens with one attached hydrogen (secondary N) is 1. The van der Waals surface area contributed by atoms with Gasteiger partial charge in [0.2, 0.25) is 0 Å². The molecule has 0 saturated carbocycles. The molecule has 0 fully saturated rings. The maximum atomic E-state index is 5.89. The molecule has 2 aromatic rings. The molecule has 0 aliphatic heterocycles. The van der Waals surface area contributed by atoms with Gasteiger partial charge >= 0.3 is 0 Å². The van der Waals surface area contributed by atoms with Gasteiger partial charge in [-0.2, -0.15) is 0 Å². The van der Waals surface area contributed by atoms with Crippen LogP contribution in [0.5, 0.6) is 11.5 Å². The molecular weight excluding hydrogens is 268 g/mol. The van der Waals surface area contributed by atoms with Crippen molar-refractivity contribution in [3.63, 3.8) is 0 Å². The highest BCUT2D eigenvalue weighted by molar-refractivity contribution is 7.98. The first kappa shape index (κ1) is 14.9. The standard InChI is InChI=1S/C16H20N2OS/c1-4-17-12(2)14-10-9-13(11-18-14)19-15-7-5-6-8-16(15)20-3/h5-12,17H,4H2,1-3H3. The van der Waals surface area contributed by atoms with Gasteiger partial charge in [-0.3, -0.25) is 4.98 Å². The third-order valence-electron chi connectivity index (χ3n) is 3.01. The largest absolute Gasteiger partial charge is 0.455 e. The molecule has 0 amide bonds. The lowest BCUT2D eigenvalue weighted by atomic mass is 10.2. The van der Waals surface area contributed by atoms with E-state index in [1.807, 2.05) is 36.6 Å². The number of nitrogens with zero attached hydrogens (tertiary/aromatic N) is 1. The van der Waals surface area contributed by atoms with E-state index in [0.717, 1.165) is 28.6 Å². The minimum atomic E-state index is 0.257. The quantitative estimate of drug-likeness (QED) is 0.805. The summed E-state index contributed by atoms with van der Waals surface area (Å²) in [6, 6.07) is 12.2. The molecule has 3 nitrogen and oxygen atoms in total. The molecule has 106 valence electrons. The number of hydrogen-bond donors (Lipinski definition) is 1. The Bertz CT molecular complexity index is 542. The molecule has 2 rings (SSSR count). The molecule has 1 heterocycles. The van der Waals surface area contributed by atoms with Gasteiger partial charge in [0.25, 0.3) is 0 Å². The fourth-order valence-electron chi connectivity index (χ4n) is 1.95. The van der Waals surface area contributed by atoms with Crippen molar-refractivity contribution in [1.82, 2.24) is 10.3 Å². The zero-order chi connectivity index (χ0) is 14.4. The Morgan fingerprint density at radius 3 is 2.70 bits per heavy atom. The normalized spacial score (nSPS) is 12.2. The van der Waals surface area contributed by atoms with Crippen LogP contribution in [-0.4, -0.2) is 17.8 Å². The van der Waals surface area contributed by atoms with Crippen molar-refractivity contribution in [1.29, 1.82) is 0 Å². The van der Waals surface area contributed by atoms with Crippen LogP contribution in [0.2, 0.25) is 0 Å². The van der Waals surface area contributed by atoms with Crippen molar-refractivity contribution < 1.29 is 4.74 Å². The van der Waals surface area contributed by atoms with Crippen molar-refractivity contribution in [2.24, 2.45) is 0 Å². The number of ether oxygens (including phenoxy) is 1. The molecular formula is C16H20N2OS. The maximum absolute atomic E-state index is 5.89. The second kappa shape index (κ2) is 7.31. The van der Waals surface area contributed by atoms with Gasteiger partial charge in [0.1, 0.15) is 11.5 Å². The van der Waals surface area contributed by atoms with Crippen LogP contribution in [0.15, 0.2) is 47.5 Å². The molecule has 1 atom stereocenters. The summed E-state index contributed by atoms with van der Waals surface area (Å²) in [5, 5.41) is 3.34. The molecule has 20 heavy (non-hydrogen) atoms. The van der Waals surface area contributed by atoms with Crippen LogP contribution >= 0.6 is 11.8 Å². The summed E-state index contributed by atoms with van der Waals surface area (Å²) in [6.45, 7) is 5.13. The summed E-state index contributed by atoms with van der Waals surface area (Å²) in [7, 11) is 0. The average Bonchev–Trinajstić information content (AvgIpc) is 2.49. The molecule has 0 radical (unpaired) electrons. The molecule has 0 bridgehead atoms. The third-order valence-corrected chi connectivity index (χ3v) is 3.79. The monoisotopic (exact) mass is 288 g/mol. The molecule has 1 unspecified atom stereocenters. The van der Waals surface area contributed by atoms with E-state index in [1.54, 1.807) is 18.0 Å². The van der Waals surface area contributed by atoms with Crippen molar-refractivity contribution >= 4 is 11.8 Å². The highest BCUT2D eigenvalue weighted by atomic mass is 32.2. The zero-order valence-corrected chi connectivity index (χ0v) is 12.9. The van der Waals surface area contributed by atoms with E-state index in [2.05, 4.69) is 30.2 Å². The summed E-state index contributed by atoms with van der Waals surface area (Å²) in [5.74, 6) is 1.63. The first-order valence-electron chi connectivity index (χ1n) is 6.74. The minimum Gasteiger partial charge on any atom is -0.455 e. The number of rotatable bonds is 6. The lowest BCUT2D eigenvalue weighted by molar-refractivity contribution is 0.467. The first-order valence-corrected chi connectivity index (χ1v) is 7.97. The van der Waals surface area contributed by atoms with Crippen molar-refractivity contribution in [3.05, 3.63) is 48.3 Å². The van der Waals surface area contributed by atoms with E-state index in [1.165, 1.54) is 0 Å². The van der Waals surface area contributed by atoms with Crippen LogP contribution in [0.4, 0.5) is 0 Å². The number of thioether (sulfide) groups is 1. The van der Waals surface area contributed by atoms with Gasteiger partial charge < -0.3 is 10.1 Å². The maximum Gasteiger partial charge on any atom is 0.145 e. The van der Waals surface area contributed by atoms with Crippen LogP contribution in [0, 0.1) is 0 Å². The Morgan fingerprint density at radius 1 is 1.25 bits per heavy atom. The van der Waals surface area contributed by atoms with Gasteiger partial charge in [0.15, 0.2) is 0 Å². The Labute approximate surface area is 124 Å². The zero-order valence-electron chi connectivity index (χ0n) is 12.1. The average molecular weight is 288 g/mol. The number of benzene rings is 1. The van der Waals surface area contributed by atoms with Gasteiger partial charge in [-0.05, 0) is 44.0 Å². The highest BCUT2D eigenvalue weighted by Crippen LogP contribution is 2.31. The summed E-state index contributed by atoms with van der Waals surface area (Å²) >= 11 is 1.67. The predicted octanol–water partition coefficient (Wildman–Crippen LogP) is 4.27. The molecule has 1 aromatic carbocycles. The lowest BCUT2D eigenvalue weighted by Gasteiger charge is -2.13. The lowest BCUT2D eigenvalue weighted by Crippen LogP contribution is -2.18. The SMILES string of the molecule is CCNC(C)c1ccc(Oc2ccccc2SC)cn1. The van der Waals surface area contributed by atoms with Crippen molar-refractivity contribution in [3.8, 4) is 11.5 Å². The van der Waals surface area contributed by atoms with Crippen molar-refractivity contribution in [2.45, 2.75) is 24.8 Å². The van der Waals surface area contributed by atoms with E-state index in [-0.39, 0.29) is 6.04 Å². The van der Waals surface area contributed by atoms with E-state index >= 15 is 0 Å².